The van der Waals surface area contributed by atoms with Gasteiger partial charge >= 0.3 is 0 Å². The Labute approximate surface area is 201 Å². The molecule has 3 aromatic heterocycles. The lowest BCUT2D eigenvalue weighted by Gasteiger charge is -2.36. The summed E-state index contributed by atoms with van der Waals surface area (Å²) >= 11 is 1.55. The van der Waals surface area contributed by atoms with Gasteiger partial charge in [-0.3, -0.25) is 9.59 Å². The average molecular weight is 473 g/mol. The highest BCUT2D eigenvalue weighted by Crippen LogP contribution is 2.23. The number of carbonyl (C=O) groups is 1. The second-order valence-electron chi connectivity index (χ2n) is 8.09. The van der Waals surface area contributed by atoms with Crippen molar-refractivity contribution in [2.75, 3.05) is 31.1 Å². The van der Waals surface area contributed by atoms with E-state index in [0.29, 0.717) is 31.9 Å². The molecule has 0 radical (unpaired) electrons. The van der Waals surface area contributed by atoms with Crippen LogP contribution in [0.4, 0.5) is 5.82 Å². The van der Waals surface area contributed by atoms with E-state index in [1.165, 1.54) is 10.7 Å². The molecule has 1 fully saturated rings. The SMILES string of the molecule is CC(C(=O)N1CCN(c2cc(-c3ccccc3)ncn2)CC1)n1nc(-c2cccs2)ccc1=O. The first kappa shape index (κ1) is 22.0. The van der Waals surface area contributed by atoms with Crippen LogP contribution in [0.2, 0.25) is 0 Å². The molecule has 1 saturated heterocycles. The molecule has 0 bridgehead atoms. The first-order chi connectivity index (χ1) is 16.6. The summed E-state index contributed by atoms with van der Waals surface area (Å²) in [5.41, 5.74) is 2.32. The van der Waals surface area contributed by atoms with Gasteiger partial charge in [-0.15, -0.1) is 11.3 Å². The summed E-state index contributed by atoms with van der Waals surface area (Å²) in [4.78, 5) is 39.4. The van der Waals surface area contributed by atoms with Crippen molar-refractivity contribution in [1.82, 2.24) is 24.6 Å². The second kappa shape index (κ2) is 9.56. The number of nitrogens with zero attached hydrogens (tertiary/aromatic N) is 6. The van der Waals surface area contributed by atoms with Crippen LogP contribution in [-0.2, 0) is 4.79 Å². The quantitative estimate of drug-likeness (QED) is 0.443. The second-order valence-corrected chi connectivity index (χ2v) is 9.04. The molecule has 172 valence electrons. The minimum absolute atomic E-state index is 0.106. The molecular weight excluding hydrogens is 448 g/mol. The molecule has 0 saturated carbocycles. The molecule has 1 aliphatic rings. The van der Waals surface area contributed by atoms with E-state index in [1.807, 2.05) is 53.9 Å². The first-order valence-electron chi connectivity index (χ1n) is 11.1. The third-order valence-electron chi connectivity index (χ3n) is 5.96. The number of aromatic nitrogens is 4. The highest BCUT2D eigenvalue weighted by molar-refractivity contribution is 7.13. The summed E-state index contributed by atoms with van der Waals surface area (Å²) < 4.78 is 1.29. The van der Waals surface area contributed by atoms with Crippen molar-refractivity contribution in [3.05, 3.63) is 82.7 Å². The topological polar surface area (TPSA) is 84.2 Å². The lowest BCUT2D eigenvalue weighted by Crippen LogP contribution is -2.51. The third kappa shape index (κ3) is 4.47. The maximum absolute atomic E-state index is 13.2. The van der Waals surface area contributed by atoms with E-state index in [2.05, 4.69) is 20.0 Å². The fourth-order valence-electron chi connectivity index (χ4n) is 4.07. The Morgan fingerprint density at radius 1 is 0.941 bits per heavy atom. The monoisotopic (exact) mass is 472 g/mol. The Morgan fingerprint density at radius 3 is 2.47 bits per heavy atom. The van der Waals surface area contributed by atoms with Crippen LogP contribution in [0.15, 0.2) is 77.2 Å². The zero-order valence-corrected chi connectivity index (χ0v) is 19.6. The van der Waals surface area contributed by atoms with Crippen LogP contribution in [0.3, 0.4) is 0 Å². The summed E-state index contributed by atoms with van der Waals surface area (Å²) in [6.45, 7) is 4.14. The lowest BCUT2D eigenvalue weighted by atomic mass is 10.1. The van der Waals surface area contributed by atoms with Crippen molar-refractivity contribution in [3.8, 4) is 21.8 Å². The van der Waals surface area contributed by atoms with Crippen molar-refractivity contribution >= 4 is 23.1 Å². The van der Waals surface area contributed by atoms with Crippen LogP contribution in [0.25, 0.3) is 21.8 Å². The van der Waals surface area contributed by atoms with Gasteiger partial charge in [0.25, 0.3) is 5.56 Å². The highest BCUT2D eigenvalue weighted by Gasteiger charge is 2.28. The Balaban J connectivity index is 1.27. The maximum atomic E-state index is 13.2. The normalized spacial score (nSPS) is 14.7. The van der Waals surface area contributed by atoms with E-state index >= 15 is 0 Å². The molecule has 1 aliphatic heterocycles. The van der Waals surface area contributed by atoms with E-state index in [-0.39, 0.29) is 11.5 Å². The molecule has 0 aliphatic carbocycles. The van der Waals surface area contributed by atoms with Gasteiger partial charge in [-0.2, -0.15) is 5.10 Å². The van der Waals surface area contributed by atoms with Crippen molar-refractivity contribution in [2.45, 2.75) is 13.0 Å². The van der Waals surface area contributed by atoms with Crippen molar-refractivity contribution < 1.29 is 4.79 Å². The van der Waals surface area contributed by atoms with E-state index < -0.39 is 6.04 Å². The maximum Gasteiger partial charge on any atom is 0.267 e. The Hall–Kier alpha value is -3.85. The van der Waals surface area contributed by atoms with Gasteiger partial charge in [-0.05, 0) is 24.4 Å². The number of carbonyl (C=O) groups excluding carboxylic acids is 1. The number of piperazine rings is 1. The van der Waals surface area contributed by atoms with E-state index in [1.54, 1.807) is 35.6 Å². The summed E-state index contributed by atoms with van der Waals surface area (Å²) in [7, 11) is 0. The standard InChI is InChI=1S/C25H24N6O2S/c1-18(31-24(32)10-9-20(28-31)22-8-5-15-34-22)25(33)30-13-11-29(12-14-30)23-16-21(26-17-27-23)19-6-3-2-4-7-19/h2-10,15-18H,11-14H2,1H3. The smallest absolute Gasteiger partial charge is 0.267 e. The van der Waals surface area contributed by atoms with Crippen LogP contribution in [0.1, 0.15) is 13.0 Å². The van der Waals surface area contributed by atoms with Gasteiger partial charge in [0.05, 0.1) is 10.6 Å². The Morgan fingerprint density at radius 2 is 1.74 bits per heavy atom. The molecular formula is C25H24N6O2S. The van der Waals surface area contributed by atoms with E-state index in [0.717, 1.165) is 22.0 Å². The molecule has 1 aromatic carbocycles. The number of thiophene rings is 1. The molecule has 0 spiro atoms. The van der Waals surface area contributed by atoms with Crippen LogP contribution >= 0.6 is 11.3 Å². The molecule has 4 heterocycles. The largest absolute Gasteiger partial charge is 0.353 e. The van der Waals surface area contributed by atoms with Gasteiger partial charge in [-0.1, -0.05) is 36.4 Å². The molecule has 1 atom stereocenters. The number of anilines is 1. The minimum atomic E-state index is -0.678. The third-order valence-corrected chi connectivity index (χ3v) is 6.85. The summed E-state index contributed by atoms with van der Waals surface area (Å²) in [5.74, 6) is 0.737. The molecule has 5 rings (SSSR count). The number of amides is 1. The fraction of sp³-hybridized carbons (Fsp3) is 0.240. The minimum Gasteiger partial charge on any atom is -0.353 e. The molecule has 9 heteroatoms. The van der Waals surface area contributed by atoms with Crippen LogP contribution in [-0.4, -0.2) is 56.7 Å². The van der Waals surface area contributed by atoms with Crippen molar-refractivity contribution in [2.24, 2.45) is 0 Å². The Kier molecular flexibility index (Phi) is 6.18. The predicted molar refractivity (Wildman–Crippen MR) is 133 cm³/mol. The number of hydrogen-bond donors (Lipinski definition) is 0. The Bertz CT molecular complexity index is 1330. The predicted octanol–water partition coefficient (Wildman–Crippen LogP) is 3.34. The van der Waals surface area contributed by atoms with Crippen LogP contribution < -0.4 is 10.5 Å². The molecule has 34 heavy (non-hydrogen) atoms. The van der Waals surface area contributed by atoms with Crippen molar-refractivity contribution in [1.29, 1.82) is 0 Å². The van der Waals surface area contributed by atoms with Crippen LogP contribution in [0.5, 0.6) is 0 Å². The van der Waals surface area contributed by atoms with Gasteiger partial charge in [0.2, 0.25) is 5.91 Å². The summed E-state index contributed by atoms with van der Waals surface area (Å²) in [6, 6.07) is 18.4. The number of rotatable bonds is 5. The molecule has 8 nitrogen and oxygen atoms in total. The van der Waals surface area contributed by atoms with Gasteiger partial charge in [0.1, 0.15) is 23.9 Å². The van der Waals surface area contributed by atoms with Gasteiger partial charge < -0.3 is 9.80 Å². The zero-order valence-electron chi connectivity index (χ0n) is 18.7. The average Bonchev–Trinajstić information content (AvgIpc) is 3.44. The summed E-state index contributed by atoms with van der Waals surface area (Å²) in [6.07, 6.45) is 1.58. The van der Waals surface area contributed by atoms with E-state index in [9.17, 15) is 9.59 Å². The number of hydrogen-bond acceptors (Lipinski definition) is 7. The molecule has 4 aromatic rings. The molecule has 0 N–H and O–H groups in total. The van der Waals surface area contributed by atoms with Gasteiger partial charge in [0, 0.05) is 43.9 Å². The lowest BCUT2D eigenvalue weighted by molar-refractivity contribution is -0.135. The van der Waals surface area contributed by atoms with Crippen LogP contribution in [0, 0.1) is 0 Å². The molecule has 1 amide bonds. The highest BCUT2D eigenvalue weighted by atomic mass is 32.1. The summed E-state index contributed by atoms with van der Waals surface area (Å²) in [5, 5.41) is 6.43. The zero-order chi connectivity index (χ0) is 23.5. The first-order valence-corrected chi connectivity index (χ1v) is 12.0. The fourth-order valence-corrected chi connectivity index (χ4v) is 4.76. The van der Waals surface area contributed by atoms with Gasteiger partial charge in [0.15, 0.2) is 0 Å². The van der Waals surface area contributed by atoms with Gasteiger partial charge in [-0.25, -0.2) is 14.6 Å². The van der Waals surface area contributed by atoms with E-state index in [4.69, 9.17) is 0 Å². The van der Waals surface area contributed by atoms with Crippen molar-refractivity contribution in [3.63, 3.8) is 0 Å². The number of benzene rings is 1. The molecule has 1 unspecified atom stereocenters.